The molecule has 1 aromatic heterocycles. The first kappa shape index (κ1) is 16.2. The summed E-state index contributed by atoms with van der Waals surface area (Å²) in [5.41, 5.74) is 2.49. The summed E-state index contributed by atoms with van der Waals surface area (Å²) in [5, 5.41) is 5.36. The minimum Gasteiger partial charge on any atom is -0.321 e. The number of amides is 1. The van der Waals surface area contributed by atoms with Crippen LogP contribution in [-0.4, -0.2) is 16.4 Å². The molecule has 2 rings (SSSR count). The number of rotatable bonds is 5. The topological polar surface area (TPSA) is 46.2 Å². The van der Waals surface area contributed by atoms with Crippen LogP contribution < -0.4 is 5.32 Å². The predicted octanol–water partition coefficient (Wildman–Crippen LogP) is 4.09. The van der Waals surface area contributed by atoms with Gasteiger partial charge >= 0.3 is 0 Å². The van der Waals surface area contributed by atoms with Crippen molar-refractivity contribution >= 4 is 45.3 Å². The van der Waals surface area contributed by atoms with Crippen LogP contribution in [0, 0.1) is 0 Å². The molecule has 0 radical (unpaired) electrons. The normalized spacial score (nSPS) is 12.1. The summed E-state index contributed by atoms with van der Waals surface area (Å²) in [5.74, 6) is 0.259. The van der Waals surface area contributed by atoms with Gasteiger partial charge in [0, 0.05) is 33.5 Å². The monoisotopic (exact) mass is 341 g/mol. The van der Waals surface area contributed by atoms with E-state index in [2.05, 4.69) is 5.32 Å². The van der Waals surface area contributed by atoms with Crippen molar-refractivity contribution in [1.29, 1.82) is 0 Å². The van der Waals surface area contributed by atoms with E-state index in [1.807, 2.05) is 18.4 Å². The molecule has 0 saturated carbocycles. The Labute approximate surface area is 135 Å². The van der Waals surface area contributed by atoms with Crippen LogP contribution in [-0.2, 0) is 23.0 Å². The highest BCUT2D eigenvalue weighted by Gasteiger charge is 2.13. The summed E-state index contributed by atoms with van der Waals surface area (Å²) in [6.07, 6.45) is 2.45. The van der Waals surface area contributed by atoms with E-state index in [-0.39, 0.29) is 5.91 Å². The van der Waals surface area contributed by atoms with Crippen LogP contribution in [0.25, 0.3) is 0 Å². The molecule has 3 nitrogen and oxygen atoms in total. The van der Waals surface area contributed by atoms with E-state index in [4.69, 9.17) is 11.6 Å². The first-order valence-corrected chi connectivity index (χ1v) is 9.46. The Morgan fingerprint density at radius 3 is 2.76 bits per heavy atom. The van der Waals surface area contributed by atoms with Crippen molar-refractivity contribution in [2.45, 2.75) is 19.1 Å². The lowest BCUT2D eigenvalue weighted by atomic mass is 10.2. The average Bonchev–Trinajstić information content (AvgIpc) is 2.90. The van der Waals surface area contributed by atoms with Gasteiger partial charge in [0.05, 0.1) is 4.88 Å². The summed E-state index contributed by atoms with van der Waals surface area (Å²) >= 11 is 7.51. The minimum absolute atomic E-state index is 0.118. The van der Waals surface area contributed by atoms with Gasteiger partial charge in [0.25, 0.3) is 5.91 Å². The van der Waals surface area contributed by atoms with Crippen molar-refractivity contribution in [2.75, 3.05) is 11.6 Å². The van der Waals surface area contributed by atoms with Crippen molar-refractivity contribution in [1.82, 2.24) is 0 Å². The molecule has 0 aliphatic rings. The van der Waals surface area contributed by atoms with Gasteiger partial charge in [-0.05, 0) is 47.2 Å². The number of thiophene rings is 1. The molecule has 1 N–H and O–H groups in total. The summed E-state index contributed by atoms with van der Waals surface area (Å²) in [6.45, 7) is 2.02. The van der Waals surface area contributed by atoms with Gasteiger partial charge in [-0.25, -0.2) is 0 Å². The highest BCUT2D eigenvalue weighted by molar-refractivity contribution is 7.83. The van der Waals surface area contributed by atoms with Gasteiger partial charge in [-0.1, -0.05) is 18.5 Å². The first-order chi connectivity index (χ1) is 10.0. The fourth-order valence-electron chi connectivity index (χ4n) is 1.98. The van der Waals surface area contributed by atoms with Crippen LogP contribution in [0.15, 0.2) is 29.6 Å². The van der Waals surface area contributed by atoms with Gasteiger partial charge in [-0.2, -0.15) is 0 Å². The molecule has 1 heterocycles. The second-order valence-corrected chi connectivity index (χ2v) is 7.36. The number of benzene rings is 1. The molecule has 0 aliphatic carbocycles. The van der Waals surface area contributed by atoms with E-state index in [1.165, 1.54) is 11.3 Å². The largest absolute Gasteiger partial charge is 0.321 e. The summed E-state index contributed by atoms with van der Waals surface area (Å²) in [4.78, 5) is 13.0. The zero-order valence-corrected chi connectivity index (χ0v) is 14.2. The van der Waals surface area contributed by atoms with Crippen molar-refractivity contribution in [3.63, 3.8) is 0 Å². The zero-order valence-electron chi connectivity index (χ0n) is 11.8. The van der Waals surface area contributed by atoms with E-state index in [9.17, 15) is 9.00 Å². The maximum Gasteiger partial charge on any atom is 0.266 e. The molecule has 0 bridgehead atoms. The van der Waals surface area contributed by atoms with Crippen molar-refractivity contribution < 1.29 is 9.00 Å². The molecule has 0 aliphatic heterocycles. The molecule has 21 heavy (non-hydrogen) atoms. The summed E-state index contributed by atoms with van der Waals surface area (Å²) in [7, 11) is -0.978. The Morgan fingerprint density at radius 1 is 1.33 bits per heavy atom. The third-order valence-electron chi connectivity index (χ3n) is 3.00. The smallest absolute Gasteiger partial charge is 0.266 e. The van der Waals surface area contributed by atoms with Crippen LogP contribution in [0.1, 0.15) is 27.7 Å². The lowest BCUT2D eigenvalue weighted by molar-refractivity contribution is 0.103. The van der Waals surface area contributed by atoms with Gasteiger partial charge in [0.15, 0.2) is 0 Å². The number of aryl methyl sites for hydroxylation is 1. The molecule has 6 heteroatoms. The fraction of sp³-hybridized carbons (Fsp3) is 0.267. The van der Waals surface area contributed by atoms with Crippen LogP contribution in [0.5, 0.6) is 0 Å². The van der Waals surface area contributed by atoms with Gasteiger partial charge in [0.2, 0.25) is 0 Å². The Morgan fingerprint density at radius 2 is 2.10 bits per heavy atom. The Bertz CT molecular complexity index is 682. The van der Waals surface area contributed by atoms with Crippen LogP contribution >= 0.6 is 22.9 Å². The van der Waals surface area contributed by atoms with Gasteiger partial charge < -0.3 is 5.32 Å². The quantitative estimate of drug-likeness (QED) is 0.890. The summed E-state index contributed by atoms with van der Waals surface area (Å²) < 4.78 is 11.3. The molecule has 1 amide bonds. The van der Waals surface area contributed by atoms with E-state index < -0.39 is 10.8 Å². The van der Waals surface area contributed by atoms with E-state index in [0.29, 0.717) is 16.5 Å². The van der Waals surface area contributed by atoms with E-state index >= 15 is 0 Å². The van der Waals surface area contributed by atoms with Crippen LogP contribution in [0.4, 0.5) is 5.69 Å². The number of carbonyl (C=O) groups is 1. The molecule has 0 spiro atoms. The number of hydrogen-bond donors (Lipinski definition) is 1. The lowest BCUT2D eigenvalue weighted by Crippen LogP contribution is -2.12. The zero-order chi connectivity index (χ0) is 15.4. The molecule has 0 fully saturated rings. The number of anilines is 1. The standard InChI is InChI=1S/C15H16ClNO2S2/c1-3-10-6-7-20-14(10)15(18)17-12-4-5-13(16)11(8-12)9-21(2)19/h4-8H,3,9H2,1-2H3,(H,17,18)/t21-/m1/s1. The SMILES string of the molecule is CCc1ccsc1C(=O)Nc1ccc(Cl)c(C[S@@](C)=O)c1. The maximum atomic E-state index is 12.3. The molecule has 1 aromatic carbocycles. The van der Waals surface area contributed by atoms with E-state index in [0.717, 1.165) is 22.4 Å². The Balaban J connectivity index is 2.20. The van der Waals surface area contributed by atoms with E-state index in [1.54, 1.807) is 24.5 Å². The Hall–Kier alpha value is -1.17. The number of halogens is 1. The number of hydrogen-bond acceptors (Lipinski definition) is 3. The number of nitrogens with one attached hydrogen (secondary N) is 1. The molecular formula is C15H16ClNO2S2. The second-order valence-electron chi connectivity index (χ2n) is 4.61. The fourth-order valence-corrected chi connectivity index (χ4v) is 3.81. The van der Waals surface area contributed by atoms with Gasteiger partial charge in [0.1, 0.15) is 0 Å². The molecule has 112 valence electrons. The highest BCUT2D eigenvalue weighted by Crippen LogP contribution is 2.24. The second kappa shape index (κ2) is 7.20. The third-order valence-corrected chi connectivity index (χ3v) is 5.04. The van der Waals surface area contributed by atoms with Gasteiger partial charge in [-0.15, -0.1) is 11.3 Å². The first-order valence-electron chi connectivity index (χ1n) is 6.47. The van der Waals surface area contributed by atoms with Crippen molar-refractivity contribution in [2.24, 2.45) is 0 Å². The average molecular weight is 342 g/mol. The van der Waals surface area contributed by atoms with Crippen molar-refractivity contribution in [3.8, 4) is 0 Å². The number of carbonyl (C=O) groups excluding carboxylic acids is 1. The molecule has 0 unspecified atom stereocenters. The Kier molecular flexibility index (Phi) is 5.56. The van der Waals surface area contributed by atoms with Crippen LogP contribution in [0.2, 0.25) is 5.02 Å². The highest BCUT2D eigenvalue weighted by atomic mass is 35.5. The van der Waals surface area contributed by atoms with Crippen molar-refractivity contribution in [3.05, 3.63) is 50.7 Å². The molecule has 0 saturated heterocycles. The van der Waals surface area contributed by atoms with Gasteiger partial charge in [-0.3, -0.25) is 9.00 Å². The third kappa shape index (κ3) is 4.15. The molecule has 2 aromatic rings. The van der Waals surface area contributed by atoms with Crippen LogP contribution in [0.3, 0.4) is 0 Å². The maximum absolute atomic E-state index is 12.3. The predicted molar refractivity (Wildman–Crippen MR) is 90.9 cm³/mol. The summed E-state index contributed by atoms with van der Waals surface area (Å²) in [6, 6.07) is 7.21. The molecular weight excluding hydrogens is 326 g/mol. The minimum atomic E-state index is -0.978. The lowest BCUT2D eigenvalue weighted by Gasteiger charge is -2.08. The molecule has 1 atom stereocenters.